The molecule has 1 fully saturated rings. The van der Waals surface area contributed by atoms with Crippen molar-refractivity contribution >= 4 is 23.5 Å². The van der Waals surface area contributed by atoms with Gasteiger partial charge in [0, 0.05) is 17.9 Å². The molecular weight excluding hydrogens is 372 g/mol. The Labute approximate surface area is 169 Å². The highest BCUT2D eigenvalue weighted by Crippen LogP contribution is 2.21. The van der Waals surface area contributed by atoms with Crippen molar-refractivity contribution in [2.45, 2.75) is 58.5 Å². The monoisotopic (exact) mass is 398 g/mol. The minimum Gasteiger partial charge on any atom is -0.478 e. The highest BCUT2D eigenvalue weighted by atomic mass is 16.4. The highest BCUT2D eigenvalue weighted by Gasteiger charge is 2.17. The van der Waals surface area contributed by atoms with E-state index in [0.717, 1.165) is 31.2 Å². The van der Waals surface area contributed by atoms with Crippen LogP contribution in [0.2, 0.25) is 0 Å². The molecule has 29 heavy (non-hydrogen) atoms. The first-order valence-electron chi connectivity index (χ1n) is 9.81. The van der Waals surface area contributed by atoms with E-state index in [1.807, 2.05) is 0 Å². The van der Waals surface area contributed by atoms with Crippen molar-refractivity contribution in [3.05, 3.63) is 46.8 Å². The van der Waals surface area contributed by atoms with Crippen molar-refractivity contribution in [3.8, 4) is 0 Å². The normalized spacial score (nSPS) is 14.4. The molecule has 1 heterocycles. The Morgan fingerprint density at radius 3 is 2.55 bits per heavy atom. The number of carboxylic acids is 1. The van der Waals surface area contributed by atoms with Gasteiger partial charge >= 0.3 is 5.97 Å². The third-order valence-corrected chi connectivity index (χ3v) is 5.22. The van der Waals surface area contributed by atoms with Crippen LogP contribution >= 0.6 is 0 Å². The largest absolute Gasteiger partial charge is 0.478 e. The number of hydrogen-bond acceptors (Lipinski definition) is 4. The third kappa shape index (κ3) is 5.22. The molecule has 3 rings (SSSR count). The predicted octanol–water partition coefficient (Wildman–Crippen LogP) is 2.90. The van der Waals surface area contributed by atoms with Crippen LogP contribution in [-0.4, -0.2) is 38.7 Å². The van der Waals surface area contributed by atoms with Crippen LogP contribution < -0.4 is 10.6 Å². The van der Waals surface area contributed by atoms with Gasteiger partial charge in [0.2, 0.25) is 5.91 Å². The summed E-state index contributed by atoms with van der Waals surface area (Å²) in [4.78, 5) is 36.1. The zero-order chi connectivity index (χ0) is 21.0. The standard InChI is InChI=1S/C21H26N4O4/c1-13-8-14(2)18(9-17(13)21(28)29)24-20(27)15-10-22-25(11-15)12-19(26)23-16-6-4-3-5-7-16/h8-11,16H,3-7,12H2,1-2H3,(H,23,26)(H,24,27)(H,28,29). The van der Waals surface area contributed by atoms with Crippen LogP contribution in [0.25, 0.3) is 0 Å². The number of anilines is 1. The topological polar surface area (TPSA) is 113 Å². The first-order chi connectivity index (χ1) is 13.8. The van der Waals surface area contributed by atoms with E-state index in [4.69, 9.17) is 0 Å². The van der Waals surface area contributed by atoms with Crippen LogP contribution in [0.5, 0.6) is 0 Å². The smallest absolute Gasteiger partial charge is 0.336 e. The lowest BCUT2D eigenvalue weighted by Gasteiger charge is -2.22. The van der Waals surface area contributed by atoms with Crippen LogP contribution in [0.4, 0.5) is 5.69 Å². The fourth-order valence-electron chi connectivity index (χ4n) is 3.65. The number of carboxylic acid groups (broad SMARTS) is 1. The van der Waals surface area contributed by atoms with Crippen LogP contribution in [-0.2, 0) is 11.3 Å². The van der Waals surface area contributed by atoms with Crippen LogP contribution in [0, 0.1) is 13.8 Å². The van der Waals surface area contributed by atoms with Crippen molar-refractivity contribution in [3.63, 3.8) is 0 Å². The minimum absolute atomic E-state index is 0.0521. The molecule has 1 aromatic heterocycles. The molecule has 8 heteroatoms. The molecule has 0 atom stereocenters. The second-order valence-corrected chi connectivity index (χ2v) is 7.57. The molecule has 0 unspecified atom stereocenters. The fraction of sp³-hybridized carbons (Fsp3) is 0.429. The van der Waals surface area contributed by atoms with Gasteiger partial charge < -0.3 is 15.7 Å². The molecule has 2 aromatic rings. The van der Waals surface area contributed by atoms with E-state index in [0.29, 0.717) is 16.8 Å². The number of aryl methyl sites for hydroxylation is 2. The summed E-state index contributed by atoms with van der Waals surface area (Å²) in [5.74, 6) is -1.57. The Balaban J connectivity index is 1.63. The number of aromatic nitrogens is 2. The van der Waals surface area contributed by atoms with Gasteiger partial charge in [-0.3, -0.25) is 14.3 Å². The van der Waals surface area contributed by atoms with Crippen molar-refractivity contribution in [1.29, 1.82) is 0 Å². The maximum atomic E-state index is 12.5. The van der Waals surface area contributed by atoms with Gasteiger partial charge in [-0.1, -0.05) is 25.3 Å². The Kier molecular flexibility index (Phi) is 6.31. The Hall–Kier alpha value is -3.16. The number of carbonyl (C=O) groups is 3. The number of aromatic carboxylic acids is 1. The summed E-state index contributed by atoms with van der Waals surface area (Å²) in [5.41, 5.74) is 2.26. The summed E-state index contributed by atoms with van der Waals surface area (Å²) in [7, 11) is 0. The Bertz CT molecular complexity index is 929. The van der Waals surface area contributed by atoms with E-state index in [1.165, 1.54) is 29.6 Å². The molecule has 154 valence electrons. The summed E-state index contributed by atoms with van der Waals surface area (Å²) in [6.45, 7) is 3.56. The number of amides is 2. The summed E-state index contributed by atoms with van der Waals surface area (Å²) < 4.78 is 1.43. The molecule has 0 bridgehead atoms. The van der Waals surface area contributed by atoms with Gasteiger partial charge in [0.25, 0.3) is 5.91 Å². The molecule has 0 aliphatic heterocycles. The first-order valence-corrected chi connectivity index (χ1v) is 9.81. The van der Waals surface area contributed by atoms with Crippen molar-refractivity contribution in [2.75, 3.05) is 5.32 Å². The maximum absolute atomic E-state index is 12.5. The molecule has 1 saturated carbocycles. The lowest BCUT2D eigenvalue weighted by Crippen LogP contribution is -2.38. The van der Waals surface area contributed by atoms with E-state index in [1.54, 1.807) is 19.9 Å². The molecule has 1 aromatic carbocycles. The summed E-state index contributed by atoms with van der Waals surface area (Å²) in [5, 5.41) is 19.1. The first kappa shape index (κ1) is 20.6. The Morgan fingerprint density at radius 1 is 1.14 bits per heavy atom. The maximum Gasteiger partial charge on any atom is 0.336 e. The average molecular weight is 398 g/mol. The van der Waals surface area contributed by atoms with E-state index in [2.05, 4.69) is 15.7 Å². The van der Waals surface area contributed by atoms with Crippen molar-refractivity contribution in [1.82, 2.24) is 15.1 Å². The molecule has 8 nitrogen and oxygen atoms in total. The van der Waals surface area contributed by atoms with Gasteiger partial charge in [0.05, 0.1) is 17.3 Å². The van der Waals surface area contributed by atoms with E-state index < -0.39 is 11.9 Å². The second kappa shape index (κ2) is 8.89. The lowest BCUT2D eigenvalue weighted by atomic mass is 9.95. The van der Waals surface area contributed by atoms with E-state index in [9.17, 15) is 19.5 Å². The van der Waals surface area contributed by atoms with Gasteiger partial charge in [0.1, 0.15) is 6.54 Å². The van der Waals surface area contributed by atoms with Crippen molar-refractivity contribution < 1.29 is 19.5 Å². The lowest BCUT2D eigenvalue weighted by molar-refractivity contribution is -0.122. The Morgan fingerprint density at radius 2 is 1.86 bits per heavy atom. The predicted molar refractivity (Wildman–Crippen MR) is 108 cm³/mol. The molecule has 1 aliphatic rings. The van der Waals surface area contributed by atoms with Crippen LogP contribution in [0.3, 0.4) is 0 Å². The fourth-order valence-corrected chi connectivity index (χ4v) is 3.65. The number of benzene rings is 1. The van der Waals surface area contributed by atoms with Gasteiger partial charge in [0.15, 0.2) is 0 Å². The number of nitrogens with zero attached hydrogens (tertiary/aromatic N) is 2. The van der Waals surface area contributed by atoms with Crippen LogP contribution in [0.1, 0.15) is 63.9 Å². The molecular formula is C21H26N4O4. The average Bonchev–Trinajstić information content (AvgIpc) is 3.12. The number of rotatable bonds is 6. The molecule has 0 radical (unpaired) electrons. The van der Waals surface area contributed by atoms with Crippen molar-refractivity contribution in [2.24, 2.45) is 0 Å². The second-order valence-electron chi connectivity index (χ2n) is 7.57. The molecule has 2 amide bonds. The molecule has 0 spiro atoms. The number of hydrogen-bond donors (Lipinski definition) is 3. The van der Waals surface area contributed by atoms with E-state index >= 15 is 0 Å². The zero-order valence-corrected chi connectivity index (χ0v) is 16.7. The summed E-state index contributed by atoms with van der Waals surface area (Å²) in [6, 6.07) is 3.40. The van der Waals surface area contributed by atoms with Gasteiger partial charge in [-0.05, 0) is 43.9 Å². The number of carbonyl (C=O) groups excluding carboxylic acids is 2. The van der Waals surface area contributed by atoms with Gasteiger partial charge in [-0.2, -0.15) is 5.10 Å². The SMILES string of the molecule is Cc1cc(C)c(C(=O)O)cc1NC(=O)c1cnn(CC(=O)NC2CCCCC2)c1. The van der Waals surface area contributed by atoms with Gasteiger partial charge in [-0.15, -0.1) is 0 Å². The minimum atomic E-state index is -1.05. The summed E-state index contributed by atoms with van der Waals surface area (Å²) >= 11 is 0. The zero-order valence-electron chi connectivity index (χ0n) is 16.7. The van der Waals surface area contributed by atoms with Gasteiger partial charge in [-0.25, -0.2) is 4.79 Å². The quantitative estimate of drug-likeness (QED) is 0.692. The molecule has 1 aliphatic carbocycles. The highest BCUT2D eigenvalue weighted by molar-refractivity contribution is 6.05. The van der Waals surface area contributed by atoms with Crippen LogP contribution in [0.15, 0.2) is 24.5 Å². The number of nitrogens with one attached hydrogen (secondary N) is 2. The molecule has 3 N–H and O–H groups in total. The third-order valence-electron chi connectivity index (χ3n) is 5.22. The molecule has 0 saturated heterocycles. The summed E-state index contributed by atoms with van der Waals surface area (Å²) in [6.07, 6.45) is 8.41. The van der Waals surface area contributed by atoms with E-state index in [-0.39, 0.29) is 24.1 Å².